The van der Waals surface area contributed by atoms with Gasteiger partial charge >= 0.3 is 0 Å². The average molecular weight is 184 g/mol. The molecule has 2 rings (SSSR count). The Morgan fingerprint density at radius 2 is 1.21 bits per heavy atom. The van der Waals surface area contributed by atoms with Crippen molar-refractivity contribution in [1.29, 1.82) is 0 Å². The van der Waals surface area contributed by atoms with Crippen molar-refractivity contribution in [1.82, 2.24) is 9.97 Å². The summed E-state index contributed by atoms with van der Waals surface area (Å²) in [5.74, 6) is 0. The molecule has 0 aliphatic heterocycles. The monoisotopic (exact) mass is 184 g/mol. The van der Waals surface area contributed by atoms with E-state index in [9.17, 15) is 0 Å². The molecule has 2 heteroatoms. The lowest BCUT2D eigenvalue weighted by Crippen LogP contribution is -1.92. The van der Waals surface area contributed by atoms with Crippen LogP contribution >= 0.6 is 0 Å². The SMILES string of the molecule is Cc1cccnc1-c1ncccc1C. The largest absolute Gasteiger partial charge is 0.254 e. The van der Waals surface area contributed by atoms with Crippen molar-refractivity contribution in [3.8, 4) is 11.4 Å². The number of rotatable bonds is 1. The summed E-state index contributed by atoms with van der Waals surface area (Å²) in [6, 6.07) is 7.99. The predicted molar refractivity (Wildman–Crippen MR) is 56.9 cm³/mol. The average Bonchev–Trinajstić information content (AvgIpc) is 2.20. The van der Waals surface area contributed by atoms with Crippen molar-refractivity contribution in [3.63, 3.8) is 0 Å². The summed E-state index contributed by atoms with van der Waals surface area (Å²) >= 11 is 0. The Bertz CT molecular complexity index is 406. The molecule has 0 amide bonds. The van der Waals surface area contributed by atoms with Crippen molar-refractivity contribution in [2.45, 2.75) is 13.8 Å². The molecule has 14 heavy (non-hydrogen) atoms. The quantitative estimate of drug-likeness (QED) is 0.681. The third-order valence-electron chi connectivity index (χ3n) is 2.24. The molecule has 2 aromatic heterocycles. The number of pyridine rings is 2. The first-order valence-corrected chi connectivity index (χ1v) is 4.62. The molecule has 0 bridgehead atoms. The Morgan fingerprint density at radius 3 is 1.57 bits per heavy atom. The Hall–Kier alpha value is -1.70. The molecule has 0 saturated heterocycles. The van der Waals surface area contributed by atoms with Crippen LogP contribution in [0.5, 0.6) is 0 Å². The number of aryl methyl sites for hydroxylation is 2. The van der Waals surface area contributed by atoms with E-state index in [2.05, 4.69) is 35.9 Å². The van der Waals surface area contributed by atoms with Crippen LogP contribution in [0.2, 0.25) is 0 Å². The number of hydrogen-bond acceptors (Lipinski definition) is 2. The van der Waals surface area contributed by atoms with Crippen LogP contribution in [0.1, 0.15) is 11.1 Å². The molecular weight excluding hydrogens is 172 g/mol. The standard InChI is InChI=1S/C12H12N2/c1-9-5-3-7-13-11(9)12-10(2)6-4-8-14-12/h3-8H,1-2H3. The first-order valence-electron chi connectivity index (χ1n) is 4.62. The maximum absolute atomic E-state index is 4.35. The zero-order valence-electron chi connectivity index (χ0n) is 8.36. The second-order valence-corrected chi connectivity index (χ2v) is 3.34. The molecule has 0 aromatic carbocycles. The van der Waals surface area contributed by atoms with Gasteiger partial charge in [-0.3, -0.25) is 9.97 Å². The van der Waals surface area contributed by atoms with Gasteiger partial charge in [-0.15, -0.1) is 0 Å². The van der Waals surface area contributed by atoms with Crippen molar-refractivity contribution in [2.24, 2.45) is 0 Å². The number of nitrogens with zero attached hydrogens (tertiary/aromatic N) is 2. The van der Waals surface area contributed by atoms with Gasteiger partial charge in [0.05, 0.1) is 11.4 Å². The van der Waals surface area contributed by atoms with Crippen LogP contribution in [0, 0.1) is 13.8 Å². The summed E-state index contributed by atoms with van der Waals surface area (Å²) < 4.78 is 0. The van der Waals surface area contributed by atoms with E-state index in [1.165, 1.54) is 0 Å². The van der Waals surface area contributed by atoms with E-state index in [4.69, 9.17) is 0 Å². The smallest absolute Gasteiger partial charge is 0.0917 e. The van der Waals surface area contributed by atoms with Crippen LogP contribution in [0.15, 0.2) is 36.7 Å². The van der Waals surface area contributed by atoms with Crippen LogP contribution < -0.4 is 0 Å². The summed E-state index contributed by atoms with van der Waals surface area (Å²) in [7, 11) is 0. The van der Waals surface area contributed by atoms with Crippen molar-refractivity contribution >= 4 is 0 Å². The van der Waals surface area contributed by atoms with Gasteiger partial charge in [-0.05, 0) is 37.1 Å². The molecular formula is C12H12N2. The Morgan fingerprint density at radius 1 is 0.786 bits per heavy atom. The van der Waals surface area contributed by atoms with E-state index in [0.717, 1.165) is 22.5 Å². The zero-order valence-corrected chi connectivity index (χ0v) is 8.36. The van der Waals surface area contributed by atoms with E-state index in [1.807, 2.05) is 12.1 Å². The summed E-state index contributed by atoms with van der Waals surface area (Å²) in [6.07, 6.45) is 3.60. The molecule has 0 saturated carbocycles. The van der Waals surface area contributed by atoms with Gasteiger partial charge in [-0.2, -0.15) is 0 Å². The second-order valence-electron chi connectivity index (χ2n) is 3.34. The van der Waals surface area contributed by atoms with Gasteiger partial charge in [0.25, 0.3) is 0 Å². The van der Waals surface area contributed by atoms with Crippen LogP contribution in [0.4, 0.5) is 0 Å². The van der Waals surface area contributed by atoms with Gasteiger partial charge in [0, 0.05) is 12.4 Å². The highest BCUT2D eigenvalue weighted by Gasteiger charge is 2.05. The van der Waals surface area contributed by atoms with Gasteiger partial charge < -0.3 is 0 Å². The lowest BCUT2D eigenvalue weighted by atomic mass is 10.1. The molecule has 0 unspecified atom stereocenters. The van der Waals surface area contributed by atoms with Crippen LogP contribution in [0.25, 0.3) is 11.4 Å². The molecule has 0 N–H and O–H groups in total. The summed E-state index contributed by atoms with van der Waals surface area (Å²) in [5.41, 5.74) is 4.28. The molecule has 2 aromatic rings. The predicted octanol–water partition coefficient (Wildman–Crippen LogP) is 2.76. The third-order valence-corrected chi connectivity index (χ3v) is 2.24. The lowest BCUT2D eigenvalue weighted by molar-refractivity contribution is 1.19. The number of hydrogen-bond donors (Lipinski definition) is 0. The van der Waals surface area contributed by atoms with Gasteiger partial charge in [-0.25, -0.2) is 0 Å². The molecule has 0 atom stereocenters. The first-order chi connectivity index (χ1) is 6.79. The molecule has 70 valence electrons. The van der Waals surface area contributed by atoms with Crippen molar-refractivity contribution < 1.29 is 0 Å². The van der Waals surface area contributed by atoms with Gasteiger partial charge in [0.15, 0.2) is 0 Å². The van der Waals surface area contributed by atoms with E-state index < -0.39 is 0 Å². The van der Waals surface area contributed by atoms with Gasteiger partial charge in [0.1, 0.15) is 0 Å². The molecule has 0 fully saturated rings. The molecule has 0 spiro atoms. The Balaban J connectivity index is 2.61. The Kier molecular flexibility index (Phi) is 2.27. The topological polar surface area (TPSA) is 25.8 Å². The minimum absolute atomic E-state index is 0.977. The Labute approximate surface area is 83.7 Å². The van der Waals surface area contributed by atoms with E-state index >= 15 is 0 Å². The minimum Gasteiger partial charge on any atom is -0.254 e. The third kappa shape index (κ3) is 1.51. The van der Waals surface area contributed by atoms with Gasteiger partial charge in [-0.1, -0.05) is 12.1 Å². The minimum atomic E-state index is 0.977. The highest BCUT2D eigenvalue weighted by atomic mass is 14.8. The lowest BCUT2D eigenvalue weighted by Gasteiger charge is -2.05. The van der Waals surface area contributed by atoms with Crippen LogP contribution in [0.3, 0.4) is 0 Å². The molecule has 0 aliphatic rings. The normalized spacial score (nSPS) is 10.1. The fourth-order valence-corrected chi connectivity index (χ4v) is 1.47. The highest BCUT2D eigenvalue weighted by molar-refractivity contribution is 5.61. The first kappa shape index (κ1) is 8.88. The zero-order chi connectivity index (χ0) is 9.97. The summed E-state index contributed by atoms with van der Waals surface area (Å²) in [4.78, 5) is 8.69. The van der Waals surface area contributed by atoms with Crippen LogP contribution in [-0.2, 0) is 0 Å². The highest BCUT2D eigenvalue weighted by Crippen LogP contribution is 2.20. The fourth-order valence-electron chi connectivity index (χ4n) is 1.47. The number of aromatic nitrogens is 2. The van der Waals surface area contributed by atoms with E-state index in [-0.39, 0.29) is 0 Å². The second kappa shape index (κ2) is 3.58. The maximum atomic E-state index is 4.35. The van der Waals surface area contributed by atoms with Crippen molar-refractivity contribution in [2.75, 3.05) is 0 Å². The van der Waals surface area contributed by atoms with Crippen molar-refractivity contribution in [3.05, 3.63) is 47.8 Å². The van der Waals surface area contributed by atoms with E-state index in [1.54, 1.807) is 12.4 Å². The maximum Gasteiger partial charge on any atom is 0.0917 e. The van der Waals surface area contributed by atoms with E-state index in [0.29, 0.717) is 0 Å². The molecule has 2 heterocycles. The molecule has 0 aliphatic carbocycles. The molecule has 2 nitrogen and oxygen atoms in total. The fraction of sp³-hybridized carbons (Fsp3) is 0.167. The van der Waals surface area contributed by atoms with Gasteiger partial charge in [0.2, 0.25) is 0 Å². The van der Waals surface area contributed by atoms with Crippen LogP contribution in [-0.4, -0.2) is 9.97 Å². The summed E-state index contributed by atoms with van der Waals surface area (Å²) in [5, 5.41) is 0. The molecule has 0 radical (unpaired) electrons. The summed E-state index contributed by atoms with van der Waals surface area (Å²) in [6.45, 7) is 4.10.